The van der Waals surface area contributed by atoms with Crippen LogP contribution in [0.15, 0.2) is 65.1 Å². The van der Waals surface area contributed by atoms with Crippen molar-refractivity contribution in [3.05, 3.63) is 72.2 Å². The van der Waals surface area contributed by atoms with Gasteiger partial charge >= 0.3 is 0 Å². The Morgan fingerprint density at radius 2 is 1.72 bits per heavy atom. The topological polar surface area (TPSA) is 45.9 Å². The molecule has 2 heterocycles. The van der Waals surface area contributed by atoms with Crippen molar-refractivity contribution in [3.63, 3.8) is 0 Å². The van der Waals surface area contributed by atoms with Gasteiger partial charge in [-0.15, -0.1) is 0 Å². The lowest BCUT2D eigenvalue weighted by atomic mass is 10.1. The maximum absolute atomic E-state index is 14.0. The van der Waals surface area contributed by atoms with Crippen LogP contribution in [0.5, 0.6) is 5.75 Å². The number of nitrogens with zero attached hydrogens (tertiary/aromatic N) is 2. The summed E-state index contributed by atoms with van der Waals surface area (Å²) in [5.74, 6) is 0.894. The first kappa shape index (κ1) is 19.1. The van der Waals surface area contributed by atoms with Crippen molar-refractivity contribution in [1.82, 2.24) is 4.90 Å². The van der Waals surface area contributed by atoms with E-state index in [4.69, 9.17) is 9.15 Å². The second-order valence-corrected chi connectivity index (χ2v) is 6.82. The SMILES string of the molecule is CCOc1ccccc1N1CCN(C(=O)c2ccc(-c3ccccc3F)o2)CC1. The van der Waals surface area contributed by atoms with Gasteiger partial charge in [0.25, 0.3) is 5.91 Å². The molecule has 0 bridgehead atoms. The Kier molecular flexibility index (Phi) is 5.51. The molecular formula is C23H23FN2O3. The van der Waals surface area contributed by atoms with Crippen molar-refractivity contribution in [1.29, 1.82) is 0 Å². The highest BCUT2D eigenvalue weighted by Gasteiger charge is 2.26. The first-order chi connectivity index (χ1) is 14.2. The Bertz CT molecular complexity index is 993. The largest absolute Gasteiger partial charge is 0.492 e. The average Bonchev–Trinajstić information content (AvgIpc) is 3.24. The molecule has 29 heavy (non-hydrogen) atoms. The molecule has 3 aromatic rings. The number of rotatable bonds is 5. The minimum atomic E-state index is -0.373. The molecule has 1 aliphatic heterocycles. The Balaban J connectivity index is 1.43. The van der Waals surface area contributed by atoms with Crippen LogP contribution in [0, 0.1) is 5.82 Å². The number of ether oxygens (including phenoxy) is 1. The predicted octanol–water partition coefficient (Wildman–Crippen LogP) is 4.45. The summed E-state index contributed by atoms with van der Waals surface area (Å²) >= 11 is 0. The van der Waals surface area contributed by atoms with E-state index in [0.717, 1.165) is 11.4 Å². The van der Waals surface area contributed by atoms with Crippen LogP contribution in [-0.2, 0) is 0 Å². The number of furan rings is 1. The number of piperazine rings is 1. The molecule has 2 aromatic carbocycles. The number of hydrogen-bond donors (Lipinski definition) is 0. The average molecular weight is 394 g/mol. The Hall–Kier alpha value is -3.28. The van der Waals surface area contributed by atoms with Crippen molar-refractivity contribution in [2.45, 2.75) is 6.92 Å². The number of carbonyl (C=O) groups is 1. The maximum atomic E-state index is 14.0. The Morgan fingerprint density at radius 3 is 2.48 bits per heavy atom. The summed E-state index contributed by atoms with van der Waals surface area (Å²) in [5, 5.41) is 0. The third-order valence-electron chi connectivity index (χ3n) is 5.03. The highest BCUT2D eigenvalue weighted by Crippen LogP contribution is 2.29. The second-order valence-electron chi connectivity index (χ2n) is 6.82. The number of carbonyl (C=O) groups excluding carboxylic acids is 1. The first-order valence-corrected chi connectivity index (χ1v) is 9.78. The summed E-state index contributed by atoms with van der Waals surface area (Å²) in [6.45, 7) is 5.14. The van der Waals surface area contributed by atoms with Crippen LogP contribution in [0.3, 0.4) is 0 Å². The zero-order valence-electron chi connectivity index (χ0n) is 16.3. The standard InChI is InChI=1S/C23H23FN2O3/c1-2-28-21-10-6-5-9-19(21)25-13-15-26(16-14-25)23(27)22-12-11-20(29-22)17-7-3-4-8-18(17)24/h3-12H,2,13-16H2,1H3. The van der Waals surface area contributed by atoms with Crippen molar-refractivity contribution in [2.75, 3.05) is 37.7 Å². The van der Waals surface area contributed by atoms with E-state index in [1.165, 1.54) is 6.07 Å². The van der Waals surface area contributed by atoms with Gasteiger partial charge in [0.1, 0.15) is 17.3 Å². The summed E-state index contributed by atoms with van der Waals surface area (Å²) in [7, 11) is 0. The van der Waals surface area contributed by atoms with Crippen LogP contribution >= 0.6 is 0 Å². The molecule has 1 fully saturated rings. The van der Waals surface area contributed by atoms with E-state index in [-0.39, 0.29) is 17.5 Å². The van der Waals surface area contributed by atoms with Gasteiger partial charge in [0, 0.05) is 26.2 Å². The monoisotopic (exact) mass is 394 g/mol. The summed E-state index contributed by atoms with van der Waals surface area (Å²) in [6, 6.07) is 17.6. The number of anilines is 1. The molecule has 0 atom stereocenters. The second kappa shape index (κ2) is 8.39. The third-order valence-corrected chi connectivity index (χ3v) is 5.03. The van der Waals surface area contributed by atoms with E-state index in [9.17, 15) is 9.18 Å². The van der Waals surface area contributed by atoms with Gasteiger partial charge in [-0.3, -0.25) is 4.79 Å². The third kappa shape index (κ3) is 3.97. The van der Waals surface area contributed by atoms with Crippen molar-refractivity contribution >= 4 is 11.6 Å². The molecule has 0 radical (unpaired) electrons. The summed E-state index contributed by atoms with van der Waals surface area (Å²) in [5.41, 5.74) is 1.39. The highest BCUT2D eigenvalue weighted by molar-refractivity contribution is 5.92. The summed E-state index contributed by atoms with van der Waals surface area (Å²) in [6.07, 6.45) is 0. The van der Waals surface area contributed by atoms with Crippen LogP contribution < -0.4 is 9.64 Å². The molecule has 0 saturated carbocycles. The molecule has 5 nitrogen and oxygen atoms in total. The van der Waals surface area contributed by atoms with Crippen molar-refractivity contribution in [2.24, 2.45) is 0 Å². The molecular weight excluding hydrogens is 371 g/mol. The molecule has 150 valence electrons. The lowest BCUT2D eigenvalue weighted by molar-refractivity contribution is 0.0715. The van der Waals surface area contributed by atoms with Gasteiger partial charge in [0.05, 0.1) is 17.9 Å². The lowest BCUT2D eigenvalue weighted by Gasteiger charge is -2.36. The number of benzene rings is 2. The fraction of sp³-hybridized carbons (Fsp3) is 0.261. The summed E-state index contributed by atoms with van der Waals surface area (Å²) < 4.78 is 25.3. The molecule has 1 aliphatic rings. The van der Waals surface area contributed by atoms with Crippen molar-refractivity contribution in [3.8, 4) is 17.1 Å². The number of hydrogen-bond acceptors (Lipinski definition) is 4. The van der Waals surface area contributed by atoms with Crippen LogP contribution in [0.1, 0.15) is 17.5 Å². The normalized spacial score (nSPS) is 14.1. The van der Waals surface area contributed by atoms with Crippen LogP contribution in [0.25, 0.3) is 11.3 Å². The summed E-state index contributed by atoms with van der Waals surface area (Å²) in [4.78, 5) is 16.8. The number of para-hydroxylation sites is 2. The van der Waals surface area contributed by atoms with Gasteiger partial charge < -0.3 is 19.0 Å². The predicted molar refractivity (Wildman–Crippen MR) is 110 cm³/mol. The molecule has 0 aliphatic carbocycles. The van der Waals surface area contributed by atoms with Gasteiger partial charge in [0.2, 0.25) is 0 Å². The smallest absolute Gasteiger partial charge is 0.289 e. The molecule has 1 amide bonds. The van der Waals surface area contributed by atoms with Gasteiger partial charge in [-0.1, -0.05) is 24.3 Å². The fourth-order valence-corrected chi connectivity index (χ4v) is 3.56. The van der Waals surface area contributed by atoms with Gasteiger partial charge in [0.15, 0.2) is 5.76 Å². The van der Waals surface area contributed by atoms with Crippen LogP contribution in [-0.4, -0.2) is 43.6 Å². The molecule has 4 rings (SSSR count). The first-order valence-electron chi connectivity index (χ1n) is 9.78. The quantitative estimate of drug-likeness (QED) is 0.642. The highest BCUT2D eigenvalue weighted by atomic mass is 19.1. The lowest BCUT2D eigenvalue weighted by Crippen LogP contribution is -2.48. The van der Waals surface area contributed by atoms with Gasteiger partial charge in [-0.25, -0.2) is 4.39 Å². The van der Waals surface area contributed by atoms with E-state index in [0.29, 0.717) is 44.1 Å². The fourth-order valence-electron chi connectivity index (χ4n) is 3.56. The zero-order valence-corrected chi connectivity index (χ0v) is 16.3. The maximum Gasteiger partial charge on any atom is 0.289 e. The van der Waals surface area contributed by atoms with Crippen LogP contribution in [0.4, 0.5) is 10.1 Å². The van der Waals surface area contributed by atoms with E-state index >= 15 is 0 Å². The molecule has 0 N–H and O–H groups in total. The molecule has 6 heteroatoms. The van der Waals surface area contributed by atoms with E-state index in [2.05, 4.69) is 4.90 Å². The zero-order chi connectivity index (χ0) is 20.2. The molecule has 1 aromatic heterocycles. The van der Waals surface area contributed by atoms with E-state index in [1.54, 1.807) is 35.2 Å². The molecule has 0 unspecified atom stereocenters. The molecule has 1 saturated heterocycles. The number of amides is 1. The van der Waals surface area contributed by atoms with E-state index in [1.807, 2.05) is 31.2 Å². The Labute approximate surface area is 169 Å². The number of halogens is 1. The van der Waals surface area contributed by atoms with Gasteiger partial charge in [-0.05, 0) is 43.3 Å². The minimum Gasteiger partial charge on any atom is -0.492 e. The Morgan fingerprint density at radius 1 is 1.00 bits per heavy atom. The molecule has 0 spiro atoms. The van der Waals surface area contributed by atoms with E-state index < -0.39 is 0 Å². The van der Waals surface area contributed by atoms with Crippen LogP contribution in [0.2, 0.25) is 0 Å². The van der Waals surface area contributed by atoms with Crippen molar-refractivity contribution < 1.29 is 18.3 Å². The minimum absolute atomic E-state index is 0.176. The van der Waals surface area contributed by atoms with Gasteiger partial charge in [-0.2, -0.15) is 0 Å².